The summed E-state index contributed by atoms with van der Waals surface area (Å²) in [6.07, 6.45) is 5.28. The van der Waals surface area contributed by atoms with E-state index in [0.29, 0.717) is 49.8 Å². The second kappa shape index (κ2) is 55.7. The minimum absolute atomic E-state index is 0. The predicted molar refractivity (Wildman–Crippen MR) is 586 cm³/mol. The van der Waals surface area contributed by atoms with Crippen molar-refractivity contribution in [2.24, 2.45) is 34.9 Å². The van der Waals surface area contributed by atoms with Crippen molar-refractivity contribution >= 4 is 249 Å². The highest BCUT2D eigenvalue weighted by Crippen LogP contribution is 2.38. The number of amides is 3. The quantitative estimate of drug-likeness (QED) is 0.0391. The lowest BCUT2D eigenvalue weighted by molar-refractivity contribution is -0.116. The Morgan fingerprint density at radius 1 is 0.320 bits per heavy atom. The number of nitrogens with zero attached hydrogens (tertiary/aromatic N) is 7. The maximum absolute atomic E-state index is 11.3. The third-order valence-electron chi connectivity index (χ3n) is 20.0. The van der Waals surface area contributed by atoms with Crippen molar-refractivity contribution in [2.45, 2.75) is 223 Å². The van der Waals surface area contributed by atoms with Crippen LogP contribution < -0.4 is 25.9 Å². The number of allylic oxidation sites excluding steroid dienone is 1. The number of ketones is 1. The molecule has 0 saturated heterocycles. The van der Waals surface area contributed by atoms with Crippen LogP contribution in [0.25, 0.3) is 0 Å². The van der Waals surface area contributed by atoms with Gasteiger partial charge in [0.25, 0.3) is 42.7 Å². The van der Waals surface area contributed by atoms with E-state index >= 15 is 0 Å². The molecule has 13 rings (SSSR count). The number of hydrogen-bond acceptors (Lipinski definition) is 24. The van der Waals surface area contributed by atoms with Gasteiger partial charge in [-0.15, -0.1) is 0 Å². The summed E-state index contributed by atoms with van der Waals surface area (Å²) in [7, 11) is -14.5. The van der Waals surface area contributed by atoms with Gasteiger partial charge in [-0.05, 0) is 145 Å². The molecule has 3 amide bonds. The molecule has 8 aliphatic heterocycles. The minimum Gasteiger partial charge on any atom is -0.539 e. The molecule has 0 saturated carbocycles. The fraction of sp³-hybridized carbons (Fsp3) is 0.452. The van der Waals surface area contributed by atoms with Gasteiger partial charge < -0.3 is 35.4 Å². The topological polar surface area (TPSA) is 229 Å². The number of rotatable bonds is 25. The van der Waals surface area contributed by atoms with E-state index in [4.69, 9.17) is 35.4 Å². The Kier molecular flexibility index (Phi) is 49.8. The van der Waals surface area contributed by atoms with Gasteiger partial charge in [0.2, 0.25) is 40.6 Å². The van der Waals surface area contributed by atoms with Gasteiger partial charge in [-0.1, -0.05) is 375 Å². The lowest BCUT2D eigenvalue weighted by Gasteiger charge is -2.34. The first-order chi connectivity index (χ1) is 59.6. The molecular formula is C93H141N7O12S8Si8. The molecule has 0 spiro atoms. The Morgan fingerprint density at radius 3 is 0.859 bits per heavy atom. The van der Waals surface area contributed by atoms with Gasteiger partial charge in [-0.25, -0.2) is 20.0 Å². The molecular weight excluding hydrogens is 1890 g/mol. The molecule has 35 heteroatoms. The van der Waals surface area contributed by atoms with Crippen LogP contribution in [0.3, 0.4) is 0 Å². The fourth-order valence-electron chi connectivity index (χ4n) is 13.3. The Labute approximate surface area is 809 Å². The van der Waals surface area contributed by atoms with Crippen molar-refractivity contribution in [3.8, 4) is 0 Å². The molecule has 128 heavy (non-hydrogen) atoms. The molecule has 0 aliphatic carbocycles. The SMILES string of the molecule is C.C.C=C1N=C(O[Si](C)(C)C)CS1.C=C1N=C(O[Si](C)(C)C)CS1.C=C1N=C(O[Si](C)(c2ccccc2)c2ccccc2)CS1.C=C1N=C(O[Si](c2ccccc2)(c2ccccc2)c2ccccc2)CS1.CC(C)[Si](C)(OC1=NC(=O)CS1)C(C)C.CCC[Si](CCC)(CCC)OC1=CC(=O)CS1.CC[Si](CC)(CC)OC1=NC(=O)CS1.C[Si](C)(C)OC1=NC(=O)CS1. The van der Waals surface area contributed by atoms with E-state index < -0.39 is 66.5 Å². The van der Waals surface area contributed by atoms with Gasteiger partial charge >= 0.3 is 16.6 Å². The molecule has 19 nitrogen and oxygen atoms in total. The molecule has 0 fully saturated rings. The zero-order valence-electron chi connectivity index (χ0n) is 77.8. The summed E-state index contributed by atoms with van der Waals surface area (Å²) in [6, 6.07) is 59.5. The average Bonchev–Trinajstić information content (AvgIpc) is 1.48. The predicted octanol–water partition coefficient (Wildman–Crippen LogP) is 23.9. The van der Waals surface area contributed by atoms with Crippen molar-refractivity contribution in [3.05, 3.63) is 209 Å². The van der Waals surface area contributed by atoms with Crippen LogP contribution in [0.5, 0.6) is 0 Å². The Balaban J connectivity index is 0.000000312. The van der Waals surface area contributed by atoms with E-state index in [9.17, 15) is 19.2 Å². The molecule has 0 atom stereocenters. The highest BCUT2D eigenvalue weighted by molar-refractivity contribution is 8.15. The van der Waals surface area contributed by atoms with Gasteiger partial charge in [0, 0.05) is 6.08 Å². The molecule has 8 aliphatic rings. The van der Waals surface area contributed by atoms with Crippen LogP contribution in [-0.4, -0.2) is 175 Å². The van der Waals surface area contributed by atoms with E-state index in [1.807, 2.05) is 30.3 Å². The maximum atomic E-state index is 11.3. The summed E-state index contributed by atoms with van der Waals surface area (Å²) in [6.45, 7) is 60.9. The lowest BCUT2D eigenvalue weighted by Crippen LogP contribution is -2.70. The fourth-order valence-corrected chi connectivity index (χ4v) is 39.0. The number of hydrogen-bond donors (Lipinski definition) is 0. The van der Waals surface area contributed by atoms with Crippen LogP contribution in [0, 0.1) is 0 Å². The van der Waals surface area contributed by atoms with Crippen molar-refractivity contribution in [2.75, 3.05) is 46.0 Å². The molecule has 0 aromatic heterocycles. The van der Waals surface area contributed by atoms with Gasteiger partial charge in [0.05, 0.1) is 66.1 Å². The third kappa shape index (κ3) is 39.0. The Hall–Kier alpha value is -5.89. The van der Waals surface area contributed by atoms with E-state index in [1.165, 1.54) is 98.6 Å². The van der Waals surface area contributed by atoms with E-state index in [2.05, 4.69) is 324 Å². The summed E-state index contributed by atoms with van der Waals surface area (Å²) in [4.78, 5) is 72.7. The standard InChI is InChI=1S/C22H19NOSSi.C17H17NOSSi.C13H24O2SSi.C10H19NO2SSi.C9H17NO2SSi.2C7H13NOSSi.C6H11NO2SSi.2CH4/c1-18-23-22(17-25-18)24-26(19-11-5-2-6-12-19,20-13-7-3-8-14-20)21-15-9-4-10-16-21;1-14-18-17(13-20-14)19-21(2,15-9-5-3-6-10-15)16-11-7-4-8-12-16;1-4-7-17(8-5-2,9-6-3)15-13-10-12(14)11-16-13;1-7(2)15(5,8(3)4)13-10-11-9(12)6-14-10;1-4-14(5-2,6-3)12-9-10-8(11)7-13-9;2*1-6-8-7(5-10-6)9-11(2,3)4;1-11(2,3)9-6-7-5(8)4-10-6;;/h2-16H,1,17H2;3-12H,1,13H2,2H3;10H,4-9,11H2,1-3H3;7-8H,6H2,1-5H3;4-7H2,1-3H3;2*1,5H2,2-4H3;4H2,1-3H3;2*1H4. The maximum Gasteiger partial charge on any atom is 0.348 e. The summed E-state index contributed by atoms with van der Waals surface area (Å²) in [5, 5.41) is 12.2. The first kappa shape index (κ1) is 114. The molecule has 5 aromatic carbocycles. The summed E-state index contributed by atoms with van der Waals surface area (Å²) in [5.74, 6) is 8.44. The van der Waals surface area contributed by atoms with E-state index in [0.717, 1.165) is 89.9 Å². The Morgan fingerprint density at radius 2 is 0.609 bits per heavy atom. The average molecular weight is 2030 g/mol. The molecule has 8 heterocycles. The van der Waals surface area contributed by atoms with Crippen LogP contribution in [0.4, 0.5) is 0 Å². The second-order valence-corrected chi connectivity index (χ2v) is 75.6. The van der Waals surface area contributed by atoms with Crippen LogP contribution in [0.2, 0.25) is 119 Å². The first-order valence-corrected chi connectivity index (χ1v) is 73.1. The molecule has 5 aromatic rings. The molecule has 700 valence electrons. The largest absolute Gasteiger partial charge is 0.539 e. The first-order valence-electron chi connectivity index (χ1n) is 43.0. The van der Waals surface area contributed by atoms with Crippen LogP contribution in [-0.2, 0) is 54.6 Å². The van der Waals surface area contributed by atoms with Gasteiger partial charge in [-0.3, -0.25) is 19.2 Å². The highest BCUT2D eigenvalue weighted by Gasteiger charge is 2.46. The van der Waals surface area contributed by atoms with Crippen LogP contribution >= 0.6 is 94.1 Å². The van der Waals surface area contributed by atoms with Crippen molar-refractivity contribution in [1.82, 2.24) is 0 Å². The van der Waals surface area contributed by atoms with Crippen molar-refractivity contribution in [1.29, 1.82) is 0 Å². The molecule has 0 N–H and O–H groups in total. The molecule has 0 radical (unpaired) electrons. The molecule has 0 unspecified atom stereocenters. The van der Waals surface area contributed by atoms with Crippen LogP contribution in [0.15, 0.2) is 244 Å². The summed E-state index contributed by atoms with van der Waals surface area (Å²) in [5.41, 5.74) is 1.05. The van der Waals surface area contributed by atoms with Gasteiger partial charge in [-0.2, -0.15) is 15.0 Å². The van der Waals surface area contributed by atoms with Crippen molar-refractivity contribution in [3.63, 3.8) is 0 Å². The number of carbonyl (C=O) groups excluding carboxylic acids is 4. The second-order valence-electron chi connectivity index (χ2n) is 34.0. The van der Waals surface area contributed by atoms with E-state index in [-0.39, 0.29) is 38.4 Å². The normalized spacial score (nSPS) is 16.1. The monoisotopic (exact) mass is 2030 g/mol. The van der Waals surface area contributed by atoms with Gasteiger partial charge in [0.1, 0.15) is 5.09 Å². The summed E-state index contributed by atoms with van der Waals surface area (Å²) >= 11 is 12.4. The Bertz CT molecular complexity index is 4430. The van der Waals surface area contributed by atoms with Gasteiger partial charge in [0.15, 0.2) is 29.4 Å². The lowest BCUT2D eigenvalue weighted by atomic mass is 10.3. The zero-order valence-corrected chi connectivity index (χ0v) is 92.3. The molecule has 0 bridgehead atoms. The number of aliphatic imine (C=N–C) groups is 7. The number of carbonyl (C=O) groups is 4. The zero-order chi connectivity index (χ0) is 92.9. The van der Waals surface area contributed by atoms with E-state index in [1.54, 1.807) is 64.9 Å². The highest BCUT2D eigenvalue weighted by atomic mass is 32.2. The minimum atomic E-state index is -2.70. The number of thioether (sulfide) groups is 8. The van der Waals surface area contributed by atoms with Crippen molar-refractivity contribution < 1.29 is 54.6 Å². The smallest absolute Gasteiger partial charge is 0.348 e. The summed E-state index contributed by atoms with van der Waals surface area (Å²) < 4.78 is 48.4. The number of benzene rings is 5. The van der Waals surface area contributed by atoms with Crippen LogP contribution in [0.1, 0.15) is 103 Å². The third-order valence-corrected chi connectivity index (χ3v) is 51.8.